The summed E-state index contributed by atoms with van der Waals surface area (Å²) < 4.78 is 25.2. The van der Waals surface area contributed by atoms with E-state index in [2.05, 4.69) is 20.4 Å². The predicted octanol–water partition coefficient (Wildman–Crippen LogP) is 3.52. The minimum absolute atomic E-state index is 0.0634. The van der Waals surface area contributed by atoms with E-state index in [4.69, 9.17) is 14.4 Å². The molecule has 1 fully saturated rings. The van der Waals surface area contributed by atoms with E-state index in [1.54, 1.807) is 13.0 Å². The standard InChI is InChI=1S/C23H33FN4O4/c1-15(2)22-26-23(27-32-22)28-10-8-17(9-11-28)5-4-12-31-18-6-7-19(20(24)13-18)21(30)25-16(3)14-29/h6-7,13,15-17,29H,4-5,8-12,14H2,1-3H3,(H,25,30). The Morgan fingerprint density at radius 1 is 1.34 bits per heavy atom. The average molecular weight is 449 g/mol. The molecule has 0 spiro atoms. The Morgan fingerprint density at radius 3 is 2.72 bits per heavy atom. The minimum atomic E-state index is -0.639. The van der Waals surface area contributed by atoms with Gasteiger partial charge in [0.15, 0.2) is 0 Å². The van der Waals surface area contributed by atoms with E-state index in [0.29, 0.717) is 30.1 Å². The number of benzene rings is 1. The molecule has 1 saturated heterocycles. The van der Waals surface area contributed by atoms with Gasteiger partial charge in [-0.3, -0.25) is 4.79 Å². The van der Waals surface area contributed by atoms with Gasteiger partial charge in [0, 0.05) is 31.1 Å². The number of aliphatic hydroxyl groups is 1. The fourth-order valence-corrected chi connectivity index (χ4v) is 3.69. The zero-order valence-electron chi connectivity index (χ0n) is 19.0. The van der Waals surface area contributed by atoms with Crippen LogP contribution in [0.4, 0.5) is 10.3 Å². The molecule has 0 radical (unpaired) electrons. The highest BCUT2D eigenvalue weighted by Crippen LogP contribution is 2.26. The Morgan fingerprint density at radius 2 is 2.09 bits per heavy atom. The number of ether oxygens (including phenoxy) is 1. The van der Waals surface area contributed by atoms with Crippen LogP contribution in [0.2, 0.25) is 0 Å². The minimum Gasteiger partial charge on any atom is -0.493 e. The van der Waals surface area contributed by atoms with E-state index in [1.165, 1.54) is 12.1 Å². The number of halogens is 1. The molecule has 1 aliphatic rings. The van der Waals surface area contributed by atoms with Crippen molar-refractivity contribution in [1.29, 1.82) is 0 Å². The van der Waals surface area contributed by atoms with Gasteiger partial charge in [-0.1, -0.05) is 13.8 Å². The van der Waals surface area contributed by atoms with Crippen LogP contribution in [-0.4, -0.2) is 53.5 Å². The first-order chi connectivity index (χ1) is 15.4. The summed E-state index contributed by atoms with van der Waals surface area (Å²) in [7, 11) is 0. The van der Waals surface area contributed by atoms with E-state index in [0.717, 1.165) is 38.8 Å². The molecule has 1 unspecified atom stereocenters. The summed E-state index contributed by atoms with van der Waals surface area (Å²) in [5.74, 6) is 1.41. The van der Waals surface area contributed by atoms with E-state index in [-0.39, 0.29) is 18.1 Å². The molecular weight excluding hydrogens is 415 g/mol. The van der Waals surface area contributed by atoms with Crippen molar-refractivity contribution < 1.29 is 23.6 Å². The predicted molar refractivity (Wildman–Crippen MR) is 118 cm³/mol. The second-order valence-electron chi connectivity index (χ2n) is 8.71. The van der Waals surface area contributed by atoms with Gasteiger partial charge < -0.3 is 24.6 Å². The zero-order valence-corrected chi connectivity index (χ0v) is 19.0. The summed E-state index contributed by atoms with van der Waals surface area (Å²) in [5.41, 5.74) is -0.0634. The molecular formula is C23H33FN4O4. The maximum absolute atomic E-state index is 14.3. The van der Waals surface area contributed by atoms with Crippen LogP contribution in [0.3, 0.4) is 0 Å². The van der Waals surface area contributed by atoms with E-state index < -0.39 is 17.8 Å². The number of carbonyl (C=O) groups is 1. The Hall–Kier alpha value is -2.68. The summed E-state index contributed by atoms with van der Waals surface area (Å²) in [6, 6.07) is 3.79. The molecule has 1 amide bonds. The molecule has 2 heterocycles. The highest BCUT2D eigenvalue weighted by Gasteiger charge is 2.23. The molecule has 0 bridgehead atoms. The Bertz CT molecular complexity index is 881. The molecule has 0 saturated carbocycles. The molecule has 9 heteroatoms. The van der Waals surface area contributed by atoms with E-state index in [9.17, 15) is 9.18 Å². The van der Waals surface area contributed by atoms with Crippen LogP contribution in [0, 0.1) is 11.7 Å². The van der Waals surface area contributed by atoms with Crippen LogP contribution >= 0.6 is 0 Å². The smallest absolute Gasteiger partial charge is 0.266 e. The van der Waals surface area contributed by atoms with Crippen molar-refractivity contribution in [2.75, 3.05) is 31.2 Å². The largest absolute Gasteiger partial charge is 0.493 e. The topological polar surface area (TPSA) is 101 Å². The first kappa shape index (κ1) is 24.0. The van der Waals surface area contributed by atoms with Crippen molar-refractivity contribution in [2.24, 2.45) is 5.92 Å². The van der Waals surface area contributed by atoms with Gasteiger partial charge in [0.2, 0.25) is 5.89 Å². The molecule has 1 aromatic heterocycles. The van der Waals surface area contributed by atoms with Crippen molar-refractivity contribution in [2.45, 2.75) is 58.4 Å². The summed E-state index contributed by atoms with van der Waals surface area (Å²) >= 11 is 0. The van der Waals surface area contributed by atoms with Crippen LogP contribution in [-0.2, 0) is 0 Å². The fraction of sp³-hybridized carbons (Fsp3) is 0.609. The number of anilines is 1. The van der Waals surface area contributed by atoms with Crippen molar-refractivity contribution in [3.05, 3.63) is 35.5 Å². The van der Waals surface area contributed by atoms with Crippen molar-refractivity contribution in [1.82, 2.24) is 15.5 Å². The lowest BCUT2D eigenvalue weighted by molar-refractivity contribution is 0.0918. The number of hydrogen-bond donors (Lipinski definition) is 2. The number of hydrogen-bond acceptors (Lipinski definition) is 7. The second kappa shape index (κ2) is 11.3. The van der Waals surface area contributed by atoms with Gasteiger partial charge >= 0.3 is 0 Å². The number of amides is 1. The molecule has 176 valence electrons. The van der Waals surface area contributed by atoms with Crippen molar-refractivity contribution in [3.63, 3.8) is 0 Å². The number of carbonyl (C=O) groups excluding carboxylic acids is 1. The van der Waals surface area contributed by atoms with Gasteiger partial charge in [-0.2, -0.15) is 4.98 Å². The highest BCUT2D eigenvalue weighted by atomic mass is 19.1. The normalized spacial score (nSPS) is 15.8. The third-order valence-corrected chi connectivity index (χ3v) is 5.68. The summed E-state index contributed by atoms with van der Waals surface area (Å²) in [6.45, 7) is 7.82. The molecule has 2 N–H and O–H groups in total. The van der Waals surface area contributed by atoms with Crippen LogP contribution in [0.5, 0.6) is 5.75 Å². The molecule has 3 rings (SSSR count). The monoisotopic (exact) mass is 448 g/mol. The van der Waals surface area contributed by atoms with E-state index in [1.807, 2.05) is 13.8 Å². The van der Waals surface area contributed by atoms with Gasteiger partial charge in [0.05, 0.1) is 18.8 Å². The van der Waals surface area contributed by atoms with Crippen molar-refractivity contribution >= 4 is 11.9 Å². The van der Waals surface area contributed by atoms with E-state index >= 15 is 0 Å². The number of aromatic nitrogens is 2. The molecule has 1 aromatic carbocycles. The Balaban J connectivity index is 1.37. The van der Waals surface area contributed by atoms with Gasteiger partial charge in [-0.15, -0.1) is 0 Å². The Kier molecular flexibility index (Phi) is 8.44. The van der Waals surface area contributed by atoms with Gasteiger partial charge in [-0.25, -0.2) is 4.39 Å². The quantitative estimate of drug-likeness (QED) is 0.536. The second-order valence-corrected chi connectivity index (χ2v) is 8.71. The SMILES string of the molecule is CC(CO)NC(=O)c1ccc(OCCCC2CCN(c3noc(C(C)C)n3)CC2)cc1F. The lowest BCUT2D eigenvalue weighted by atomic mass is 9.92. The average Bonchev–Trinajstić information content (AvgIpc) is 3.28. The first-order valence-electron chi connectivity index (χ1n) is 11.3. The van der Waals surface area contributed by atoms with Crippen LogP contribution < -0.4 is 15.0 Å². The van der Waals surface area contributed by atoms with Crippen LogP contribution in [0.25, 0.3) is 0 Å². The summed E-state index contributed by atoms with van der Waals surface area (Å²) in [5, 5.41) is 15.6. The number of piperidine rings is 1. The first-order valence-corrected chi connectivity index (χ1v) is 11.3. The third kappa shape index (κ3) is 6.41. The highest BCUT2D eigenvalue weighted by molar-refractivity contribution is 5.94. The van der Waals surface area contributed by atoms with Crippen LogP contribution in [0.15, 0.2) is 22.7 Å². The van der Waals surface area contributed by atoms with Gasteiger partial charge in [0.1, 0.15) is 11.6 Å². The molecule has 0 aliphatic carbocycles. The molecule has 32 heavy (non-hydrogen) atoms. The summed E-state index contributed by atoms with van der Waals surface area (Å²) in [4.78, 5) is 18.6. The Labute approximate surface area is 188 Å². The lowest BCUT2D eigenvalue weighted by Crippen LogP contribution is -2.35. The third-order valence-electron chi connectivity index (χ3n) is 5.68. The van der Waals surface area contributed by atoms with Gasteiger partial charge in [-0.05, 0) is 55.8 Å². The lowest BCUT2D eigenvalue weighted by Gasteiger charge is -2.30. The zero-order chi connectivity index (χ0) is 23.1. The number of aliphatic hydroxyl groups excluding tert-OH is 1. The number of nitrogens with zero attached hydrogens (tertiary/aromatic N) is 3. The van der Waals surface area contributed by atoms with Gasteiger partial charge in [0.25, 0.3) is 11.9 Å². The fourth-order valence-electron chi connectivity index (χ4n) is 3.69. The molecule has 1 aliphatic heterocycles. The number of nitrogens with one attached hydrogen (secondary N) is 1. The molecule has 8 nitrogen and oxygen atoms in total. The molecule has 2 aromatic rings. The molecule has 1 atom stereocenters. The maximum atomic E-state index is 14.3. The van der Waals surface area contributed by atoms with Crippen LogP contribution in [0.1, 0.15) is 68.6 Å². The maximum Gasteiger partial charge on any atom is 0.266 e. The van der Waals surface area contributed by atoms with Crippen molar-refractivity contribution in [3.8, 4) is 5.75 Å². The number of rotatable bonds is 10. The summed E-state index contributed by atoms with van der Waals surface area (Å²) in [6.07, 6.45) is 4.05.